The van der Waals surface area contributed by atoms with E-state index >= 15 is 0 Å². The average Bonchev–Trinajstić information content (AvgIpc) is 2.47. The van der Waals surface area contributed by atoms with Crippen LogP contribution in [0.25, 0.3) is 0 Å². The third-order valence-corrected chi connectivity index (χ3v) is 2.03. The number of hydrogen-bond acceptors (Lipinski definition) is 3. The second-order valence-electron chi connectivity index (χ2n) is 4.87. The monoisotopic (exact) mass is 228 g/mol. The fourth-order valence-electron chi connectivity index (χ4n) is 1.44. The van der Waals surface area contributed by atoms with Gasteiger partial charge in [-0.1, -0.05) is 20.8 Å². The highest BCUT2D eigenvalue weighted by atomic mass is 16.7. The maximum absolute atomic E-state index is 11.8. The number of carbonyl (C=O) groups is 1. The summed E-state index contributed by atoms with van der Waals surface area (Å²) in [5, 5.41) is 15.3. The molecular weight excluding hydrogens is 212 g/mol. The van der Waals surface area contributed by atoms with Gasteiger partial charge in [-0.25, -0.2) is 10.1 Å². The van der Waals surface area contributed by atoms with Gasteiger partial charge in [-0.05, 0) is 5.41 Å². The molecule has 1 rings (SSSR count). The molecule has 0 atom stereocenters. The summed E-state index contributed by atoms with van der Waals surface area (Å²) in [6.07, 6.45) is 0.339. The summed E-state index contributed by atoms with van der Waals surface area (Å²) in [6, 6.07) is 0. The summed E-state index contributed by atoms with van der Waals surface area (Å²) >= 11 is 0. The van der Waals surface area contributed by atoms with Gasteiger partial charge in [0.25, 0.3) is 5.96 Å². The second kappa shape index (κ2) is 4.46. The third kappa shape index (κ3) is 3.48. The number of nitrogens with zero attached hydrogens (tertiary/aromatic N) is 3. The lowest BCUT2D eigenvalue weighted by atomic mass is 9.92. The normalized spacial score (nSPS) is 18.7. The molecule has 16 heavy (non-hydrogen) atoms. The van der Waals surface area contributed by atoms with Gasteiger partial charge in [0.1, 0.15) is 5.10 Å². The molecular formula is C9H16N4O3. The van der Waals surface area contributed by atoms with Crippen LogP contribution in [0.1, 0.15) is 27.2 Å². The topological polar surface area (TPSA) is 87.8 Å². The molecule has 1 fully saturated rings. The molecule has 0 saturated carbocycles. The standard InChI is InChI=1S/C9H16N4O3/c1-9(2,3)6-7(14)12-5-4-10-8(12)11-13(15)16/h4-6H2,1-3H3,(H,10,11). The molecule has 1 heterocycles. The Kier molecular flexibility index (Phi) is 3.46. The molecule has 1 N–H and O–H groups in total. The van der Waals surface area contributed by atoms with E-state index in [2.05, 4.69) is 10.4 Å². The third-order valence-electron chi connectivity index (χ3n) is 2.03. The molecule has 1 aliphatic heterocycles. The zero-order valence-corrected chi connectivity index (χ0v) is 9.69. The number of hydrazone groups is 1. The first-order valence-electron chi connectivity index (χ1n) is 5.07. The number of nitro groups is 1. The Morgan fingerprint density at radius 2 is 2.25 bits per heavy atom. The Labute approximate surface area is 93.6 Å². The SMILES string of the molecule is CC(C)(C)CC(=O)N1CCNC1=N[N+](=O)[O-]. The molecule has 0 aromatic heterocycles. The fraction of sp³-hybridized carbons (Fsp3) is 0.778. The first kappa shape index (κ1) is 12.4. The Bertz CT molecular complexity index is 332. The molecule has 0 aliphatic carbocycles. The smallest absolute Gasteiger partial charge is 0.278 e. The van der Waals surface area contributed by atoms with E-state index in [0.29, 0.717) is 19.5 Å². The highest BCUT2D eigenvalue weighted by Gasteiger charge is 2.29. The lowest BCUT2D eigenvalue weighted by Gasteiger charge is -2.21. The maximum Gasteiger partial charge on any atom is 0.278 e. The molecule has 7 nitrogen and oxygen atoms in total. The summed E-state index contributed by atoms with van der Waals surface area (Å²) in [5.74, 6) is -0.0997. The Morgan fingerprint density at radius 3 is 2.75 bits per heavy atom. The van der Waals surface area contributed by atoms with Crippen LogP contribution in [-0.4, -0.2) is 34.9 Å². The number of amides is 1. The highest BCUT2D eigenvalue weighted by Crippen LogP contribution is 2.20. The molecule has 0 aromatic carbocycles. The lowest BCUT2D eigenvalue weighted by Crippen LogP contribution is -2.38. The van der Waals surface area contributed by atoms with Gasteiger partial charge in [0.15, 0.2) is 5.03 Å². The molecule has 1 saturated heterocycles. The van der Waals surface area contributed by atoms with Gasteiger partial charge in [0.05, 0.1) is 0 Å². The second-order valence-corrected chi connectivity index (χ2v) is 4.87. The summed E-state index contributed by atoms with van der Waals surface area (Å²) in [7, 11) is 0. The van der Waals surface area contributed by atoms with Crippen LogP contribution in [0.4, 0.5) is 0 Å². The fourth-order valence-corrected chi connectivity index (χ4v) is 1.44. The van der Waals surface area contributed by atoms with Crippen molar-refractivity contribution in [1.82, 2.24) is 10.2 Å². The van der Waals surface area contributed by atoms with Crippen LogP contribution in [0.15, 0.2) is 5.10 Å². The number of hydrogen-bond donors (Lipinski definition) is 1. The van der Waals surface area contributed by atoms with Crippen LogP contribution in [0.5, 0.6) is 0 Å². The summed E-state index contributed by atoms with van der Waals surface area (Å²) < 4.78 is 0. The van der Waals surface area contributed by atoms with Crippen LogP contribution in [-0.2, 0) is 4.79 Å². The maximum atomic E-state index is 11.8. The molecule has 0 bridgehead atoms. The highest BCUT2D eigenvalue weighted by molar-refractivity contribution is 5.98. The van der Waals surface area contributed by atoms with Gasteiger partial charge >= 0.3 is 0 Å². The number of rotatable bonds is 2. The molecule has 7 heteroatoms. The molecule has 1 aliphatic rings. The number of guanidine groups is 1. The predicted molar refractivity (Wildman–Crippen MR) is 58.2 cm³/mol. The van der Waals surface area contributed by atoms with Crippen molar-refractivity contribution in [3.8, 4) is 0 Å². The largest absolute Gasteiger partial charge is 0.349 e. The van der Waals surface area contributed by atoms with E-state index in [1.807, 2.05) is 20.8 Å². The van der Waals surface area contributed by atoms with Crippen LogP contribution >= 0.6 is 0 Å². The Balaban J connectivity index is 2.72. The Hall–Kier alpha value is -1.66. The van der Waals surface area contributed by atoms with E-state index in [1.54, 1.807) is 0 Å². The van der Waals surface area contributed by atoms with Crippen LogP contribution in [0.3, 0.4) is 0 Å². The average molecular weight is 228 g/mol. The van der Waals surface area contributed by atoms with Crippen molar-refractivity contribution in [2.75, 3.05) is 13.1 Å². The minimum Gasteiger partial charge on any atom is -0.349 e. The zero-order valence-electron chi connectivity index (χ0n) is 9.69. The minimum atomic E-state index is -0.801. The van der Waals surface area contributed by atoms with Gasteiger partial charge in [-0.2, -0.15) is 0 Å². The molecule has 0 radical (unpaired) electrons. The zero-order chi connectivity index (χ0) is 12.3. The lowest BCUT2D eigenvalue weighted by molar-refractivity contribution is -0.485. The van der Waals surface area contributed by atoms with E-state index in [9.17, 15) is 14.9 Å². The van der Waals surface area contributed by atoms with Gasteiger partial charge in [-0.15, -0.1) is 0 Å². The molecule has 0 aromatic rings. The van der Waals surface area contributed by atoms with Gasteiger partial charge < -0.3 is 5.32 Å². The van der Waals surface area contributed by atoms with Crippen LogP contribution in [0.2, 0.25) is 0 Å². The van der Waals surface area contributed by atoms with Gasteiger partial charge in [0.2, 0.25) is 5.91 Å². The van der Waals surface area contributed by atoms with Crippen molar-refractivity contribution < 1.29 is 9.83 Å². The van der Waals surface area contributed by atoms with Crippen molar-refractivity contribution in [2.45, 2.75) is 27.2 Å². The van der Waals surface area contributed by atoms with Crippen LogP contribution in [0, 0.1) is 15.5 Å². The summed E-state index contributed by atoms with van der Waals surface area (Å²) in [4.78, 5) is 23.4. The van der Waals surface area contributed by atoms with E-state index in [4.69, 9.17) is 0 Å². The molecule has 0 unspecified atom stereocenters. The van der Waals surface area contributed by atoms with Gasteiger partial charge in [-0.3, -0.25) is 9.69 Å². The predicted octanol–water partition coefficient (Wildman–Crippen LogP) is 0.402. The molecule has 90 valence electrons. The van der Waals surface area contributed by atoms with Crippen molar-refractivity contribution in [3.05, 3.63) is 10.1 Å². The Morgan fingerprint density at radius 1 is 1.62 bits per heavy atom. The van der Waals surface area contributed by atoms with Crippen molar-refractivity contribution in [1.29, 1.82) is 0 Å². The van der Waals surface area contributed by atoms with Crippen molar-refractivity contribution in [2.24, 2.45) is 10.5 Å². The quantitative estimate of drug-likeness (QED) is 0.547. The molecule has 0 spiro atoms. The number of nitrogens with one attached hydrogen (secondary N) is 1. The first-order valence-corrected chi connectivity index (χ1v) is 5.07. The van der Waals surface area contributed by atoms with E-state index < -0.39 is 5.03 Å². The summed E-state index contributed by atoms with van der Waals surface area (Å²) in [6.45, 7) is 6.76. The minimum absolute atomic E-state index is 0.0410. The van der Waals surface area contributed by atoms with E-state index in [-0.39, 0.29) is 17.3 Å². The first-order chi connectivity index (χ1) is 7.29. The van der Waals surface area contributed by atoms with E-state index in [1.165, 1.54) is 4.90 Å². The van der Waals surface area contributed by atoms with E-state index in [0.717, 1.165) is 0 Å². The summed E-state index contributed by atoms with van der Waals surface area (Å²) in [5.41, 5.74) is -0.139. The van der Waals surface area contributed by atoms with Crippen LogP contribution < -0.4 is 5.32 Å². The van der Waals surface area contributed by atoms with Crippen molar-refractivity contribution >= 4 is 11.9 Å². The van der Waals surface area contributed by atoms with Gasteiger partial charge in [0, 0.05) is 19.5 Å². The molecule has 1 amide bonds. The number of carbonyl (C=O) groups excluding carboxylic acids is 1. The van der Waals surface area contributed by atoms with Crippen molar-refractivity contribution in [3.63, 3.8) is 0 Å².